The third kappa shape index (κ3) is 1.58. The molecule has 2 N–H and O–H groups in total. The predicted molar refractivity (Wildman–Crippen MR) is 45.4 cm³/mol. The molecule has 1 aromatic carbocycles. The van der Waals surface area contributed by atoms with Gasteiger partial charge in [0, 0.05) is 12.6 Å². The number of fused-ring (bicyclic) bond motifs is 1. The van der Waals surface area contributed by atoms with Crippen molar-refractivity contribution in [2.24, 2.45) is 5.73 Å². The quantitative estimate of drug-likeness (QED) is 0.704. The Morgan fingerprint density at radius 1 is 1.46 bits per heavy atom. The number of ether oxygens (including phenoxy) is 2. The van der Waals surface area contributed by atoms with Gasteiger partial charge in [-0.05, 0) is 12.1 Å². The molecule has 0 amide bonds. The summed E-state index contributed by atoms with van der Waals surface area (Å²) in [5.74, 6) is 0.674. The predicted octanol–water partition coefficient (Wildman–Crippen LogP) is 0.924. The van der Waals surface area contributed by atoms with E-state index in [1.165, 1.54) is 12.1 Å². The minimum Gasteiger partial charge on any atom is -0.486 e. The van der Waals surface area contributed by atoms with Crippen molar-refractivity contribution in [2.75, 3.05) is 13.2 Å². The standard InChI is InChI=1S/C9H10FNO2/c10-6-1-2-8-9(3-6)13-7(4-11)5-12-8/h1-3,7H,4-5,11H2. The van der Waals surface area contributed by atoms with Gasteiger partial charge in [-0.25, -0.2) is 4.39 Å². The smallest absolute Gasteiger partial charge is 0.164 e. The van der Waals surface area contributed by atoms with Crippen LogP contribution in [-0.2, 0) is 0 Å². The summed E-state index contributed by atoms with van der Waals surface area (Å²) in [6.07, 6.45) is -0.172. The van der Waals surface area contributed by atoms with Crippen molar-refractivity contribution in [2.45, 2.75) is 6.10 Å². The van der Waals surface area contributed by atoms with Crippen molar-refractivity contribution in [3.05, 3.63) is 24.0 Å². The number of hydrogen-bond donors (Lipinski definition) is 1. The fourth-order valence-corrected chi connectivity index (χ4v) is 1.21. The fourth-order valence-electron chi connectivity index (χ4n) is 1.21. The van der Waals surface area contributed by atoms with Gasteiger partial charge in [0.05, 0.1) is 0 Å². The molecule has 0 radical (unpaired) electrons. The first kappa shape index (κ1) is 8.31. The van der Waals surface area contributed by atoms with Crippen molar-refractivity contribution < 1.29 is 13.9 Å². The minimum atomic E-state index is -0.333. The molecule has 3 nitrogen and oxygen atoms in total. The highest BCUT2D eigenvalue weighted by molar-refractivity contribution is 5.41. The number of halogens is 1. The molecule has 13 heavy (non-hydrogen) atoms. The van der Waals surface area contributed by atoms with Crippen LogP contribution < -0.4 is 15.2 Å². The molecule has 2 rings (SSSR count). The van der Waals surface area contributed by atoms with Gasteiger partial charge in [-0.1, -0.05) is 0 Å². The Balaban J connectivity index is 2.27. The molecule has 0 saturated heterocycles. The first-order valence-corrected chi connectivity index (χ1v) is 4.08. The first-order valence-electron chi connectivity index (χ1n) is 4.08. The number of hydrogen-bond acceptors (Lipinski definition) is 3. The summed E-state index contributed by atoms with van der Waals surface area (Å²) in [5, 5.41) is 0. The maximum atomic E-state index is 12.8. The van der Waals surface area contributed by atoms with Gasteiger partial charge in [0.25, 0.3) is 0 Å². The highest BCUT2D eigenvalue weighted by atomic mass is 19.1. The van der Waals surface area contributed by atoms with Crippen LogP contribution in [0.15, 0.2) is 18.2 Å². The third-order valence-electron chi connectivity index (χ3n) is 1.89. The molecule has 1 atom stereocenters. The van der Waals surface area contributed by atoms with Gasteiger partial charge < -0.3 is 15.2 Å². The van der Waals surface area contributed by atoms with Crippen LogP contribution >= 0.6 is 0 Å². The van der Waals surface area contributed by atoms with E-state index in [2.05, 4.69) is 0 Å². The molecule has 0 bridgehead atoms. The van der Waals surface area contributed by atoms with E-state index in [9.17, 15) is 4.39 Å². The maximum Gasteiger partial charge on any atom is 0.164 e. The van der Waals surface area contributed by atoms with Crippen molar-refractivity contribution >= 4 is 0 Å². The molecule has 1 aliphatic rings. The summed E-state index contributed by atoms with van der Waals surface area (Å²) in [4.78, 5) is 0. The van der Waals surface area contributed by atoms with Gasteiger partial charge in [0.1, 0.15) is 18.5 Å². The third-order valence-corrected chi connectivity index (χ3v) is 1.89. The summed E-state index contributed by atoms with van der Waals surface area (Å²) in [7, 11) is 0. The zero-order valence-corrected chi connectivity index (χ0v) is 7.00. The monoisotopic (exact) mass is 183 g/mol. The van der Waals surface area contributed by atoms with Crippen molar-refractivity contribution in [3.8, 4) is 11.5 Å². The molecule has 70 valence electrons. The lowest BCUT2D eigenvalue weighted by Crippen LogP contribution is -2.35. The lowest BCUT2D eigenvalue weighted by atomic mass is 10.2. The highest BCUT2D eigenvalue weighted by Crippen LogP contribution is 2.31. The van der Waals surface area contributed by atoms with E-state index in [1.54, 1.807) is 6.07 Å². The second-order valence-corrected chi connectivity index (χ2v) is 2.88. The summed E-state index contributed by atoms with van der Waals surface area (Å²) in [6.45, 7) is 0.797. The maximum absolute atomic E-state index is 12.8. The topological polar surface area (TPSA) is 44.5 Å². The Hall–Kier alpha value is -1.29. The Kier molecular flexibility index (Phi) is 2.06. The average molecular weight is 183 g/mol. The summed E-state index contributed by atoms with van der Waals surface area (Å²) < 4.78 is 23.4. The van der Waals surface area contributed by atoms with Gasteiger partial charge >= 0.3 is 0 Å². The van der Waals surface area contributed by atoms with Gasteiger partial charge in [-0.2, -0.15) is 0 Å². The SMILES string of the molecule is NCC1COc2ccc(F)cc2O1. The van der Waals surface area contributed by atoms with E-state index in [0.717, 1.165) is 0 Å². The van der Waals surface area contributed by atoms with Crippen LogP contribution in [0.5, 0.6) is 11.5 Å². The summed E-state index contributed by atoms with van der Waals surface area (Å²) >= 11 is 0. The van der Waals surface area contributed by atoms with Crippen LogP contribution in [0.1, 0.15) is 0 Å². The van der Waals surface area contributed by atoms with E-state index in [1.807, 2.05) is 0 Å². The van der Waals surface area contributed by atoms with Crippen LogP contribution in [0.2, 0.25) is 0 Å². The molecule has 0 aliphatic carbocycles. The molecule has 1 heterocycles. The first-order chi connectivity index (χ1) is 6.29. The molecule has 0 aromatic heterocycles. The largest absolute Gasteiger partial charge is 0.486 e. The Bertz CT molecular complexity index is 316. The van der Waals surface area contributed by atoms with Crippen molar-refractivity contribution in [3.63, 3.8) is 0 Å². The van der Waals surface area contributed by atoms with E-state index in [0.29, 0.717) is 24.7 Å². The van der Waals surface area contributed by atoms with Crippen LogP contribution in [0.3, 0.4) is 0 Å². The molecule has 1 unspecified atom stereocenters. The van der Waals surface area contributed by atoms with E-state index in [-0.39, 0.29) is 11.9 Å². The average Bonchev–Trinajstić information content (AvgIpc) is 2.16. The van der Waals surface area contributed by atoms with Gasteiger partial charge in [-0.15, -0.1) is 0 Å². The van der Waals surface area contributed by atoms with Crippen LogP contribution in [-0.4, -0.2) is 19.3 Å². The fraction of sp³-hybridized carbons (Fsp3) is 0.333. The molecule has 1 aromatic rings. The second kappa shape index (κ2) is 3.22. The normalized spacial score (nSPS) is 20.0. The lowest BCUT2D eigenvalue weighted by Gasteiger charge is -2.25. The Morgan fingerprint density at radius 3 is 3.08 bits per heavy atom. The van der Waals surface area contributed by atoms with Crippen LogP contribution in [0.4, 0.5) is 4.39 Å². The Morgan fingerprint density at radius 2 is 2.31 bits per heavy atom. The zero-order valence-electron chi connectivity index (χ0n) is 7.00. The number of rotatable bonds is 1. The second-order valence-electron chi connectivity index (χ2n) is 2.88. The van der Waals surface area contributed by atoms with Gasteiger partial charge in [0.15, 0.2) is 11.5 Å². The van der Waals surface area contributed by atoms with Crippen molar-refractivity contribution in [1.82, 2.24) is 0 Å². The van der Waals surface area contributed by atoms with Crippen LogP contribution in [0.25, 0.3) is 0 Å². The minimum absolute atomic E-state index is 0.172. The number of benzene rings is 1. The zero-order chi connectivity index (χ0) is 9.26. The molecule has 1 aliphatic heterocycles. The van der Waals surface area contributed by atoms with Gasteiger partial charge in [-0.3, -0.25) is 0 Å². The summed E-state index contributed by atoms with van der Waals surface area (Å²) in [6, 6.07) is 4.19. The van der Waals surface area contributed by atoms with Crippen molar-refractivity contribution in [1.29, 1.82) is 0 Å². The number of nitrogens with two attached hydrogens (primary N) is 1. The Labute approximate surface area is 75.3 Å². The van der Waals surface area contributed by atoms with E-state index in [4.69, 9.17) is 15.2 Å². The van der Waals surface area contributed by atoms with Crippen LogP contribution in [0, 0.1) is 5.82 Å². The summed E-state index contributed by atoms with van der Waals surface area (Å²) in [5.41, 5.74) is 5.40. The molecule has 0 fully saturated rings. The molecule has 4 heteroatoms. The van der Waals surface area contributed by atoms with Gasteiger partial charge in [0.2, 0.25) is 0 Å². The molecule has 0 saturated carbocycles. The highest BCUT2D eigenvalue weighted by Gasteiger charge is 2.19. The molecule has 0 spiro atoms. The van der Waals surface area contributed by atoms with E-state index < -0.39 is 0 Å². The van der Waals surface area contributed by atoms with E-state index >= 15 is 0 Å². The molecular formula is C9H10FNO2. The molecular weight excluding hydrogens is 173 g/mol. The lowest BCUT2D eigenvalue weighted by molar-refractivity contribution is 0.0963.